The summed E-state index contributed by atoms with van der Waals surface area (Å²) >= 11 is 0. The molecule has 80 valence electrons. The van der Waals surface area contributed by atoms with Crippen molar-refractivity contribution >= 4 is 0 Å². The summed E-state index contributed by atoms with van der Waals surface area (Å²) in [6.07, 6.45) is -0.297. The molecular weight excluding hydrogens is 284 g/mol. The Morgan fingerprint density at radius 1 is 1.38 bits per heavy atom. The molecule has 0 unspecified atom stereocenters. The second kappa shape index (κ2) is 4.89. The number of hydrogen-bond donors (Lipinski definition) is 0. The molecule has 0 saturated carbocycles. The number of alkyl halides is 1. The Labute approximate surface area is 97.0 Å². The van der Waals surface area contributed by atoms with E-state index < -0.39 is 6.17 Å². The Kier molecular flexibility index (Phi) is 5.10. The smallest absolute Gasteiger partial charge is 0.129 e. The third-order valence-electron chi connectivity index (χ3n) is 2.16. The van der Waals surface area contributed by atoms with Gasteiger partial charge in [0.25, 0.3) is 0 Å². The van der Waals surface area contributed by atoms with E-state index in [0.717, 1.165) is 11.0 Å². The first kappa shape index (κ1) is 13.6. The molecule has 0 N–H and O–H groups in total. The van der Waals surface area contributed by atoms with Crippen LogP contribution >= 0.6 is 0 Å². The van der Waals surface area contributed by atoms with Crippen molar-refractivity contribution in [1.82, 2.24) is 0 Å². The van der Waals surface area contributed by atoms with Gasteiger partial charge in [-0.2, -0.15) is 0 Å². The van der Waals surface area contributed by atoms with Crippen molar-refractivity contribution in [2.75, 3.05) is 27.7 Å². The predicted molar refractivity (Wildman–Crippen MR) is 46.7 cm³/mol. The molecule has 1 saturated heterocycles. The normalized spacial score (nSPS) is 34.4. The largest absolute Gasteiger partial charge is 1.00 e. The summed E-state index contributed by atoms with van der Waals surface area (Å²) in [6, 6.07) is 0. The summed E-state index contributed by atoms with van der Waals surface area (Å²) in [5.74, 6) is 0. The summed E-state index contributed by atoms with van der Waals surface area (Å²) in [5, 5.41) is 0. The van der Waals surface area contributed by atoms with Crippen molar-refractivity contribution in [3.8, 4) is 0 Å². The van der Waals surface area contributed by atoms with Crippen LogP contribution in [0.2, 0.25) is 0 Å². The Morgan fingerprint density at radius 2 is 1.92 bits per heavy atom. The lowest BCUT2D eigenvalue weighted by Crippen LogP contribution is -3.00. The summed E-state index contributed by atoms with van der Waals surface area (Å²) in [4.78, 5) is 0. The van der Waals surface area contributed by atoms with Crippen molar-refractivity contribution in [2.45, 2.75) is 31.7 Å². The van der Waals surface area contributed by atoms with Crippen LogP contribution < -0.4 is 24.0 Å². The molecule has 13 heavy (non-hydrogen) atoms. The maximum absolute atomic E-state index is 13.0. The molecule has 0 aromatic rings. The van der Waals surface area contributed by atoms with Crippen LogP contribution in [0.5, 0.6) is 0 Å². The average molecular weight is 303 g/mol. The van der Waals surface area contributed by atoms with Crippen LogP contribution in [0, 0.1) is 0 Å². The number of quaternary nitrogens is 1. The quantitative estimate of drug-likeness (QED) is 0.433. The first-order valence-corrected chi connectivity index (χ1v) is 4.48. The minimum Gasteiger partial charge on any atom is -1.00 e. The Morgan fingerprint density at radius 3 is 2.23 bits per heavy atom. The van der Waals surface area contributed by atoms with Crippen LogP contribution in [0.4, 0.5) is 4.39 Å². The van der Waals surface area contributed by atoms with Crippen molar-refractivity contribution in [1.29, 1.82) is 0 Å². The molecule has 0 bridgehead atoms. The van der Waals surface area contributed by atoms with Gasteiger partial charge in [-0.15, -0.1) is 0 Å². The Bertz CT molecular complexity index is 150. The highest BCUT2D eigenvalue weighted by molar-refractivity contribution is 4.78. The number of ether oxygens (including phenoxy) is 1. The number of halogens is 2. The maximum Gasteiger partial charge on any atom is 0.129 e. The highest BCUT2D eigenvalue weighted by Gasteiger charge is 2.34. The molecule has 0 aliphatic carbocycles. The molecule has 1 aliphatic rings. The third-order valence-corrected chi connectivity index (χ3v) is 2.16. The van der Waals surface area contributed by atoms with E-state index in [-0.39, 0.29) is 36.2 Å². The fourth-order valence-corrected chi connectivity index (χ4v) is 1.62. The van der Waals surface area contributed by atoms with Crippen LogP contribution in [-0.4, -0.2) is 50.6 Å². The van der Waals surface area contributed by atoms with Gasteiger partial charge in [0.05, 0.1) is 27.2 Å². The van der Waals surface area contributed by atoms with Gasteiger partial charge in [0.1, 0.15) is 18.8 Å². The molecule has 0 spiro atoms. The lowest BCUT2D eigenvalue weighted by molar-refractivity contribution is -0.873. The molecule has 0 aromatic heterocycles. The molecule has 1 aliphatic heterocycles. The van der Waals surface area contributed by atoms with E-state index in [4.69, 9.17) is 4.74 Å². The van der Waals surface area contributed by atoms with Crippen LogP contribution in [0.15, 0.2) is 0 Å². The van der Waals surface area contributed by atoms with Crippen molar-refractivity contribution in [3.63, 3.8) is 0 Å². The number of rotatable bonds is 2. The highest BCUT2D eigenvalue weighted by atomic mass is 127. The van der Waals surface area contributed by atoms with E-state index in [1.54, 1.807) is 6.92 Å². The molecule has 1 rings (SSSR count). The molecular formula is C9H19FINO. The molecule has 4 heteroatoms. The summed E-state index contributed by atoms with van der Waals surface area (Å²) < 4.78 is 19.3. The fourth-order valence-electron chi connectivity index (χ4n) is 1.62. The lowest BCUT2D eigenvalue weighted by atomic mass is 10.1. The Balaban J connectivity index is 0.00000144. The maximum atomic E-state index is 13.0. The van der Waals surface area contributed by atoms with Gasteiger partial charge < -0.3 is 33.2 Å². The van der Waals surface area contributed by atoms with E-state index in [9.17, 15) is 4.39 Å². The number of hydrogen-bond acceptors (Lipinski definition) is 1. The summed E-state index contributed by atoms with van der Waals surface area (Å²) in [6.45, 7) is 2.70. The first-order valence-electron chi connectivity index (χ1n) is 4.48. The van der Waals surface area contributed by atoms with Gasteiger partial charge in [-0.1, -0.05) is 0 Å². The molecule has 2 nitrogen and oxygen atoms in total. The number of likely N-dealkylation sites (N-methyl/N-ethyl adjacent to an activating group) is 1. The molecule has 0 amide bonds. The fraction of sp³-hybridized carbons (Fsp3) is 1.00. The van der Waals surface area contributed by atoms with Gasteiger partial charge in [0.2, 0.25) is 0 Å². The van der Waals surface area contributed by atoms with E-state index in [2.05, 4.69) is 21.1 Å². The first-order chi connectivity index (χ1) is 5.38. The van der Waals surface area contributed by atoms with Gasteiger partial charge in [-0.25, -0.2) is 4.39 Å². The molecule has 1 fully saturated rings. The molecule has 0 aromatic carbocycles. The van der Waals surface area contributed by atoms with Gasteiger partial charge in [0.15, 0.2) is 0 Å². The zero-order valence-electron chi connectivity index (χ0n) is 8.76. The van der Waals surface area contributed by atoms with E-state index in [1.165, 1.54) is 0 Å². The van der Waals surface area contributed by atoms with Crippen molar-refractivity contribution < 1.29 is 37.6 Å². The minimum absolute atomic E-state index is 0. The van der Waals surface area contributed by atoms with Crippen molar-refractivity contribution in [2.24, 2.45) is 0 Å². The Hall–Kier alpha value is 0.580. The second-order valence-corrected chi connectivity index (χ2v) is 4.69. The predicted octanol–water partition coefficient (Wildman–Crippen LogP) is -1.79. The lowest BCUT2D eigenvalue weighted by Gasteiger charge is -2.26. The van der Waals surface area contributed by atoms with E-state index >= 15 is 0 Å². The SMILES string of the molecule is C[C@@H]1O[C@@H](C[N+](C)(C)C)C[C@H]1F.[I-]. The molecule has 3 atom stereocenters. The van der Waals surface area contributed by atoms with Crippen LogP contribution in [0.25, 0.3) is 0 Å². The van der Waals surface area contributed by atoms with Gasteiger partial charge in [0, 0.05) is 6.42 Å². The standard InChI is InChI=1S/C9H19FNO.HI/c1-7-9(10)5-8(12-7)6-11(2,3)4;/h7-9H,5-6H2,1-4H3;1H/q+1;/p-1/t7-,8+,9+;/m0./s1. The minimum atomic E-state index is -0.762. The van der Waals surface area contributed by atoms with E-state index in [0.29, 0.717) is 6.42 Å². The van der Waals surface area contributed by atoms with Gasteiger partial charge in [-0.3, -0.25) is 0 Å². The van der Waals surface area contributed by atoms with Gasteiger partial charge >= 0.3 is 0 Å². The van der Waals surface area contributed by atoms with E-state index in [1.807, 2.05) is 0 Å². The monoisotopic (exact) mass is 303 g/mol. The summed E-state index contributed by atoms with van der Waals surface area (Å²) in [7, 11) is 6.29. The van der Waals surface area contributed by atoms with Gasteiger partial charge in [-0.05, 0) is 6.92 Å². The highest BCUT2D eigenvalue weighted by Crippen LogP contribution is 2.23. The average Bonchev–Trinajstić information content (AvgIpc) is 2.07. The zero-order valence-corrected chi connectivity index (χ0v) is 10.9. The topological polar surface area (TPSA) is 9.23 Å². The summed E-state index contributed by atoms with van der Waals surface area (Å²) in [5.41, 5.74) is 0. The van der Waals surface area contributed by atoms with Crippen molar-refractivity contribution in [3.05, 3.63) is 0 Å². The molecule has 1 heterocycles. The zero-order chi connectivity index (χ0) is 9.35. The van der Waals surface area contributed by atoms with Crippen LogP contribution in [-0.2, 0) is 4.74 Å². The van der Waals surface area contributed by atoms with Crippen LogP contribution in [0.3, 0.4) is 0 Å². The second-order valence-electron chi connectivity index (χ2n) is 4.69. The molecule has 0 radical (unpaired) electrons. The number of nitrogens with zero attached hydrogens (tertiary/aromatic N) is 1. The van der Waals surface area contributed by atoms with Crippen LogP contribution in [0.1, 0.15) is 13.3 Å². The third kappa shape index (κ3) is 4.56.